The number of thioether (sulfide) groups is 1. The predicted octanol–water partition coefficient (Wildman–Crippen LogP) is 5.34. The van der Waals surface area contributed by atoms with Crippen molar-refractivity contribution in [1.82, 2.24) is 0 Å². The molecule has 3 aromatic carbocycles. The third-order valence-corrected chi connectivity index (χ3v) is 5.95. The van der Waals surface area contributed by atoms with Crippen LogP contribution in [0.1, 0.15) is 22.8 Å². The molecule has 0 saturated carbocycles. The third kappa shape index (κ3) is 3.69. The van der Waals surface area contributed by atoms with Gasteiger partial charge in [-0.05, 0) is 48.0 Å². The molecule has 1 saturated heterocycles. The zero-order valence-corrected chi connectivity index (χ0v) is 17.6. The van der Waals surface area contributed by atoms with Gasteiger partial charge in [0.1, 0.15) is 5.75 Å². The number of carboxylic acid groups (broad SMARTS) is 1. The number of carbonyl (C=O) groups excluding carboxylic acids is 1. The number of ether oxygens (including phenoxy) is 1. The number of anilines is 1. The van der Waals surface area contributed by atoms with E-state index in [1.807, 2.05) is 43.3 Å². The molecule has 1 N–H and O–H groups in total. The summed E-state index contributed by atoms with van der Waals surface area (Å²) in [6.07, 6.45) is 1.80. The number of hydrogen-bond donors (Lipinski definition) is 1. The number of rotatable bonds is 5. The fourth-order valence-corrected chi connectivity index (χ4v) is 4.59. The molecule has 0 spiro atoms. The number of amides is 1. The molecular formula is C23H17NO4S2. The van der Waals surface area contributed by atoms with Crippen LogP contribution in [0.25, 0.3) is 16.8 Å². The molecular weight excluding hydrogens is 418 g/mol. The first kappa shape index (κ1) is 20.1. The molecule has 4 rings (SSSR count). The Bertz CT molecular complexity index is 1220. The Morgan fingerprint density at radius 3 is 2.73 bits per heavy atom. The molecule has 30 heavy (non-hydrogen) atoms. The van der Waals surface area contributed by atoms with E-state index < -0.39 is 5.97 Å². The number of benzene rings is 3. The number of hydrogen-bond acceptors (Lipinski definition) is 5. The van der Waals surface area contributed by atoms with Crippen molar-refractivity contribution >= 4 is 62.7 Å². The Hall–Kier alpha value is -3.16. The first-order valence-corrected chi connectivity index (χ1v) is 10.5. The first-order valence-electron chi connectivity index (χ1n) is 9.25. The quantitative estimate of drug-likeness (QED) is 0.431. The maximum absolute atomic E-state index is 13.2. The van der Waals surface area contributed by atoms with Crippen molar-refractivity contribution in [2.24, 2.45) is 0 Å². The van der Waals surface area contributed by atoms with E-state index in [2.05, 4.69) is 0 Å². The molecule has 1 fully saturated rings. The Balaban J connectivity index is 1.79. The number of carboxylic acids is 1. The van der Waals surface area contributed by atoms with Gasteiger partial charge in [0.25, 0.3) is 5.91 Å². The number of carbonyl (C=O) groups is 2. The van der Waals surface area contributed by atoms with Crippen LogP contribution < -0.4 is 9.64 Å². The van der Waals surface area contributed by atoms with Gasteiger partial charge in [-0.25, -0.2) is 4.79 Å². The molecule has 150 valence electrons. The Morgan fingerprint density at radius 2 is 1.97 bits per heavy atom. The van der Waals surface area contributed by atoms with E-state index in [4.69, 9.17) is 17.0 Å². The largest absolute Gasteiger partial charge is 0.493 e. The summed E-state index contributed by atoms with van der Waals surface area (Å²) in [6.45, 7) is 2.41. The van der Waals surface area contributed by atoms with Crippen molar-refractivity contribution in [2.45, 2.75) is 6.92 Å². The molecule has 5 nitrogen and oxygen atoms in total. The SMILES string of the molecule is CCOc1ccc2ccccc2c1/C=C1\SC(=S)N(c2cccc(C(=O)O)c2)C1=O. The maximum Gasteiger partial charge on any atom is 0.335 e. The van der Waals surface area contributed by atoms with Crippen molar-refractivity contribution in [3.05, 3.63) is 76.7 Å². The Morgan fingerprint density at radius 1 is 1.17 bits per heavy atom. The van der Waals surface area contributed by atoms with Crippen molar-refractivity contribution < 1.29 is 19.4 Å². The fourth-order valence-electron chi connectivity index (χ4n) is 3.31. The highest BCUT2D eigenvalue weighted by Gasteiger charge is 2.34. The molecule has 0 bridgehead atoms. The van der Waals surface area contributed by atoms with E-state index in [-0.39, 0.29) is 11.5 Å². The molecule has 0 radical (unpaired) electrons. The van der Waals surface area contributed by atoms with Gasteiger partial charge >= 0.3 is 5.97 Å². The molecule has 0 atom stereocenters. The van der Waals surface area contributed by atoms with Gasteiger partial charge in [0.15, 0.2) is 4.32 Å². The number of aromatic carboxylic acids is 1. The van der Waals surface area contributed by atoms with Gasteiger partial charge in [0, 0.05) is 5.56 Å². The molecule has 0 aromatic heterocycles. The summed E-state index contributed by atoms with van der Waals surface area (Å²) in [6, 6.07) is 18.0. The molecule has 3 aromatic rings. The molecule has 1 amide bonds. The smallest absolute Gasteiger partial charge is 0.335 e. The van der Waals surface area contributed by atoms with E-state index in [9.17, 15) is 14.7 Å². The topological polar surface area (TPSA) is 66.8 Å². The molecule has 1 aliphatic rings. The van der Waals surface area contributed by atoms with Gasteiger partial charge in [-0.15, -0.1) is 0 Å². The van der Waals surface area contributed by atoms with Crippen molar-refractivity contribution in [3.63, 3.8) is 0 Å². The summed E-state index contributed by atoms with van der Waals surface area (Å²) < 4.78 is 6.15. The average Bonchev–Trinajstić information content (AvgIpc) is 3.03. The van der Waals surface area contributed by atoms with Gasteiger partial charge in [-0.2, -0.15) is 0 Å². The van der Waals surface area contributed by atoms with Gasteiger partial charge in [0.2, 0.25) is 0 Å². The second-order valence-corrected chi connectivity index (χ2v) is 8.18. The summed E-state index contributed by atoms with van der Waals surface area (Å²) in [5.41, 5.74) is 1.34. The molecule has 7 heteroatoms. The second kappa shape index (κ2) is 8.30. The van der Waals surface area contributed by atoms with E-state index in [0.717, 1.165) is 16.3 Å². The van der Waals surface area contributed by atoms with Gasteiger partial charge in [-0.1, -0.05) is 60.4 Å². The minimum absolute atomic E-state index is 0.0956. The Labute approximate surface area is 183 Å². The highest BCUT2D eigenvalue weighted by atomic mass is 32.2. The number of thiocarbonyl (C=S) groups is 1. The van der Waals surface area contributed by atoms with Crippen LogP contribution in [-0.2, 0) is 4.79 Å². The maximum atomic E-state index is 13.2. The minimum Gasteiger partial charge on any atom is -0.493 e. The lowest BCUT2D eigenvalue weighted by molar-refractivity contribution is -0.113. The normalized spacial score (nSPS) is 15.2. The third-order valence-electron chi connectivity index (χ3n) is 4.65. The lowest BCUT2D eigenvalue weighted by Gasteiger charge is -2.15. The van der Waals surface area contributed by atoms with Crippen LogP contribution in [0, 0.1) is 0 Å². The fraction of sp³-hybridized carbons (Fsp3) is 0.0870. The summed E-state index contributed by atoms with van der Waals surface area (Å²) >= 11 is 6.62. The van der Waals surface area contributed by atoms with Crippen LogP contribution in [-0.4, -0.2) is 27.9 Å². The van der Waals surface area contributed by atoms with Crippen molar-refractivity contribution in [1.29, 1.82) is 0 Å². The first-order chi connectivity index (χ1) is 14.5. The standard InChI is InChI=1S/C23H17NO4S2/c1-2-28-19-11-10-14-6-3-4-9-17(14)18(19)13-20-21(25)24(23(29)30-20)16-8-5-7-15(12-16)22(26)27/h3-13H,2H2,1H3,(H,26,27)/b20-13-. The molecule has 1 heterocycles. The monoisotopic (exact) mass is 435 g/mol. The highest BCUT2D eigenvalue weighted by Crippen LogP contribution is 2.39. The second-order valence-electron chi connectivity index (χ2n) is 6.50. The molecule has 0 unspecified atom stereocenters. The van der Waals surface area contributed by atoms with E-state index >= 15 is 0 Å². The van der Waals surface area contributed by atoms with Crippen LogP contribution in [0.15, 0.2) is 65.6 Å². The summed E-state index contributed by atoms with van der Waals surface area (Å²) in [7, 11) is 0. The summed E-state index contributed by atoms with van der Waals surface area (Å²) in [4.78, 5) is 26.3. The number of nitrogens with zero attached hydrogens (tertiary/aromatic N) is 1. The van der Waals surface area contributed by atoms with E-state index in [1.54, 1.807) is 18.2 Å². The lowest BCUT2D eigenvalue weighted by atomic mass is 10.0. The minimum atomic E-state index is -1.06. The van der Waals surface area contributed by atoms with Crippen molar-refractivity contribution in [3.8, 4) is 5.75 Å². The summed E-state index contributed by atoms with van der Waals surface area (Å²) in [5.74, 6) is -0.660. The molecule has 0 aliphatic carbocycles. The van der Waals surface area contributed by atoms with E-state index in [0.29, 0.717) is 27.3 Å². The van der Waals surface area contributed by atoms with Crippen LogP contribution in [0.4, 0.5) is 5.69 Å². The van der Waals surface area contributed by atoms with Crippen LogP contribution in [0.5, 0.6) is 5.75 Å². The molecule has 1 aliphatic heterocycles. The zero-order valence-electron chi connectivity index (χ0n) is 16.0. The van der Waals surface area contributed by atoms with Crippen molar-refractivity contribution in [2.75, 3.05) is 11.5 Å². The van der Waals surface area contributed by atoms with E-state index in [1.165, 1.54) is 28.8 Å². The number of fused-ring (bicyclic) bond motifs is 1. The average molecular weight is 436 g/mol. The Kier molecular flexibility index (Phi) is 5.57. The van der Waals surface area contributed by atoms with Gasteiger partial charge in [-0.3, -0.25) is 9.69 Å². The highest BCUT2D eigenvalue weighted by molar-refractivity contribution is 8.27. The summed E-state index contributed by atoms with van der Waals surface area (Å²) in [5, 5.41) is 11.3. The lowest BCUT2D eigenvalue weighted by Crippen LogP contribution is -2.27. The predicted molar refractivity (Wildman–Crippen MR) is 124 cm³/mol. The van der Waals surface area contributed by atoms with Crippen LogP contribution in [0.3, 0.4) is 0 Å². The van der Waals surface area contributed by atoms with Gasteiger partial charge < -0.3 is 9.84 Å². The zero-order chi connectivity index (χ0) is 21.3. The van der Waals surface area contributed by atoms with Crippen LogP contribution in [0.2, 0.25) is 0 Å². The van der Waals surface area contributed by atoms with Crippen LogP contribution >= 0.6 is 24.0 Å². The van der Waals surface area contributed by atoms with Gasteiger partial charge in [0.05, 0.1) is 22.8 Å².